The van der Waals surface area contributed by atoms with Crippen molar-refractivity contribution >= 4 is 0 Å². The number of quaternary nitrogens is 1. The number of hydrazine groups is 1. The number of hydrogen-bond donors (Lipinski definition) is 2. The molecule has 2 aliphatic heterocycles. The average molecular weight is 313 g/mol. The van der Waals surface area contributed by atoms with Gasteiger partial charge in [0.1, 0.15) is 6.04 Å². The van der Waals surface area contributed by atoms with E-state index in [2.05, 4.69) is 57.4 Å². The summed E-state index contributed by atoms with van der Waals surface area (Å²) in [5.74, 6) is 0.709. The maximum absolute atomic E-state index is 6.57. The van der Waals surface area contributed by atoms with Gasteiger partial charge in [-0.3, -0.25) is 4.90 Å². The van der Waals surface area contributed by atoms with E-state index < -0.39 is 0 Å². The van der Waals surface area contributed by atoms with Crippen LogP contribution >= 0.6 is 0 Å². The van der Waals surface area contributed by atoms with Crippen LogP contribution in [0.1, 0.15) is 39.5 Å². The van der Waals surface area contributed by atoms with Gasteiger partial charge in [0.15, 0.2) is 0 Å². The highest BCUT2D eigenvalue weighted by Crippen LogP contribution is 2.24. The van der Waals surface area contributed by atoms with Gasteiger partial charge in [0.2, 0.25) is 0 Å². The largest absolute Gasteiger partial charge is 0.327 e. The molecule has 0 saturated carbocycles. The van der Waals surface area contributed by atoms with Gasteiger partial charge in [-0.25, -0.2) is 10.4 Å². The fourth-order valence-electron chi connectivity index (χ4n) is 3.88. The zero-order valence-electron chi connectivity index (χ0n) is 15.5. The number of nitrogens with one attached hydrogen (secondary N) is 1. The molecule has 5 heteroatoms. The van der Waals surface area contributed by atoms with Crippen molar-refractivity contribution in [3.8, 4) is 0 Å². The molecule has 2 fully saturated rings. The summed E-state index contributed by atoms with van der Waals surface area (Å²) < 4.78 is 1.04. The first-order valence-electron chi connectivity index (χ1n) is 9.00. The van der Waals surface area contributed by atoms with Gasteiger partial charge in [-0.2, -0.15) is 0 Å². The molecule has 2 saturated heterocycles. The van der Waals surface area contributed by atoms with Crippen LogP contribution in [-0.2, 0) is 0 Å². The van der Waals surface area contributed by atoms with Crippen LogP contribution < -0.4 is 11.2 Å². The Labute approximate surface area is 137 Å². The Bertz CT molecular complexity index is 353. The minimum Gasteiger partial charge on any atom is -0.327 e. The third-order valence-corrected chi connectivity index (χ3v) is 6.06. The van der Waals surface area contributed by atoms with Gasteiger partial charge in [-0.05, 0) is 25.7 Å². The van der Waals surface area contributed by atoms with Gasteiger partial charge in [0, 0.05) is 32.1 Å². The minimum atomic E-state index is 0.214. The monoisotopic (exact) mass is 312 g/mol. The van der Waals surface area contributed by atoms with E-state index in [1.54, 1.807) is 0 Å². The molecule has 5 nitrogen and oxygen atoms in total. The molecule has 3 N–H and O–H groups in total. The molecule has 22 heavy (non-hydrogen) atoms. The number of likely N-dealkylation sites (N-methyl/N-ethyl adjacent to an activating group) is 1. The third kappa shape index (κ3) is 4.20. The zero-order valence-corrected chi connectivity index (χ0v) is 15.5. The summed E-state index contributed by atoms with van der Waals surface area (Å²) in [6.45, 7) is 6.98. The summed E-state index contributed by atoms with van der Waals surface area (Å²) in [6, 6.07) is 1.47. The summed E-state index contributed by atoms with van der Waals surface area (Å²) in [5, 5.41) is 2.31. The van der Waals surface area contributed by atoms with E-state index in [-0.39, 0.29) is 12.2 Å². The molecule has 0 aromatic carbocycles. The Hall–Kier alpha value is -0.200. The highest BCUT2D eigenvalue weighted by Gasteiger charge is 2.38. The van der Waals surface area contributed by atoms with Crippen LogP contribution in [0.2, 0.25) is 0 Å². The fourth-order valence-corrected chi connectivity index (χ4v) is 3.88. The van der Waals surface area contributed by atoms with Crippen molar-refractivity contribution in [2.24, 2.45) is 11.7 Å². The normalized spacial score (nSPS) is 40.2. The van der Waals surface area contributed by atoms with Gasteiger partial charge in [-0.15, -0.1) is 0 Å². The van der Waals surface area contributed by atoms with E-state index in [0.29, 0.717) is 18.0 Å². The van der Waals surface area contributed by atoms with Crippen molar-refractivity contribution in [3.05, 3.63) is 0 Å². The zero-order chi connectivity index (χ0) is 16.5. The molecule has 2 heterocycles. The first-order chi connectivity index (χ1) is 10.2. The number of likely N-dealkylation sites (tertiary alicyclic amines) is 1. The Balaban J connectivity index is 2.07. The Kier molecular flexibility index (Phi) is 5.89. The molecule has 0 bridgehead atoms. The van der Waals surface area contributed by atoms with Gasteiger partial charge < -0.3 is 10.2 Å². The predicted molar refractivity (Wildman–Crippen MR) is 93.1 cm³/mol. The SMILES string of the molecule is CC1CCCC(N)C(N2CCC([N+](C)(C)C)C2)NN(C)C1C. The van der Waals surface area contributed by atoms with Gasteiger partial charge >= 0.3 is 0 Å². The van der Waals surface area contributed by atoms with Crippen molar-refractivity contribution < 1.29 is 4.48 Å². The Morgan fingerprint density at radius 3 is 2.36 bits per heavy atom. The highest BCUT2D eigenvalue weighted by molar-refractivity contribution is 4.88. The van der Waals surface area contributed by atoms with E-state index in [9.17, 15) is 0 Å². The fraction of sp³-hybridized carbons (Fsp3) is 1.00. The quantitative estimate of drug-likeness (QED) is 0.749. The molecule has 5 unspecified atom stereocenters. The van der Waals surface area contributed by atoms with Crippen molar-refractivity contribution in [2.75, 3.05) is 41.3 Å². The van der Waals surface area contributed by atoms with Crippen molar-refractivity contribution in [2.45, 2.75) is 63.8 Å². The molecule has 0 aliphatic carbocycles. The predicted octanol–water partition coefficient (Wildman–Crippen LogP) is 1.07. The van der Waals surface area contributed by atoms with Crippen LogP contribution in [0.4, 0.5) is 0 Å². The Morgan fingerprint density at radius 1 is 1.09 bits per heavy atom. The molecule has 0 spiro atoms. The summed E-state index contributed by atoms with van der Waals surface area (Å²) in [5.41, 5.74) is 10.3. The van der Waals surface area contributed by atoms with E-state index in [4.69, 9.17) is 5.73 Å². The van der Waals surface area contributed by atoms with E-state index in [1.165, 1.54) is 19.3 Å². The lowest BCUT2D eigenvalue weighted by Crippen LogP contribution is -2.61. The Morgan fingerprint density at radius 2 is 1.77 bits per heavy atom. The number of rotatable bonds is 2. The van der Waals surface area contributed by atoms with Crippen LogP contribution in [0.3, 0.4) is 0 Å². The average Bonchev–Trinajstić information content (AvgIpc) is 2.92. The molecule has 2 rings (SSSR count). The van der Waals surface area contributed by atoms with Crippen LogP contribution in [0.25, 0.3) is 0 Å². The molecule has 2 aliphatic rings. The van der Waals surface area contributed by atoms with Crippen molar-refractivity contribution in [3.63, 3.8) is 0 Å². The second-order valence-electron chi connectivity index (χ2n) is 8.55. The van der Waals surface area contributed by atoms with Crippen LogP contribution in [-0.4, -0.2) is 80.0 Å². The van der Waals surface area contributed by atoms with Crippen LogP contribution in [0.5, 0.6) is 0 Å². The summed E-state index contributed by atoms with van der Waals surface area (Å²) in [7, 11) is 9.10. The molecule has 5 atom stereocenters. The lowest BCUT2D eigenvalue weighted by Gasteiger charge is -2.39. The number of hydrogen-bond acceptors (Lipinski definition) is 4. The molecule has 0 radical (unpaired) electrons. The molecule has 0 aromatic heterocycles. The second-order valence-corrected chi connectivity index (χ2v) is 8.55. The van der Waals surface area contributed by atoms with E-state index in [1.807, 2.05) is 0 Å². The highest BCUT2D eigenvalue weighted by atomic mass is 15.6. The minimum absolute atomic E-state index is 0.214. The maximum atomic E-state index is 6.57. The molecule has 130 valence electrons. The van der Waals surface area contributed by atoms with Gasteiger partial charge in [0.05, 0.1) is 33.9 Å². The van der Waals surface area contributed by atoms with Crippen molar-refractivity contribution in [1.82, 2.24) is 15.3 Å². The number of nitrogens with zero attached hydrogens (tertiary/aromatic N) is 3. The van der Waals surface area contributed by atoms with E-state index in [0.717, 1.165) is 24.0 Å². The van der Waals surface area contributed by atoms with E-state index >= 15 is 0 Å². The van der Waals surface area contributed by atoms with Gasteiger partial charge in [0.25, 0.3) is 0 Å². The summed E-state index contributed by atoms with van der Waals surface area (Å²) >= 11 is 0. The first-order valence-corrected chi connectivity index (χ1v) is 9.00. The molecule has 0 aromatic rings. The van der Waals surface area contributed by atoms with Crippen LogP contribution in [0, 0.1) is 5.92 Å². The number of nitrogens with two attached hydrogens (primary N) is 1. The summed E-state index contributed by atoms with van der Waals surface area (Å²) in [6.07, 6.45) is 5.17. The smallest absolute Gasteiger partial charge is 0.103 e. The summed E-state index contributed by atoms with van der Waals surface area (Å²) in [4.78, 5) is 2.58. The van der Waals surface area contributed by atoms with Gasteiger partial charge in [-0.1, -0.05) is 13.3 Å². The maximum Gasteiger partial charge on any atom is 0.103 e. The second kappa shape index (κ2) is 7.14. The first kappa shape index (κ1) is 18.1. The topological polar surface area (TPSA) is 44.5 Å². The third-order valence-electron chi connectivity index (χ3n) is 6.06. The lowest BCUT2D eigenvalue weighted by molar-refractivity contribution is -0.893. The van der Waals surface area contributed by atoms with Crippen LogP contribution in [0.15, 0.2) is 0 Å². The molecule has 0 amide bonds. The molecular weight excluding hydrogens is 274 g/mol. The standard InChI is InChI=1S/C17H38N5/c1-13-8-7-9-16(18)17(19-20(3)14(13)2)21-11-10-15(12-21)22(4,5)6/h13-17,19H,7-12,18H2,1-6H3/q+1. The molecular formula is C17H38N5+. The van der Waals surface area contributed by atoms with Crippen molar-refractivity contribution in [1.29, 1.82) is 0 Å². The lowest BCUT2D eigenvalue weighted by atomic mass is 9.96.